The molecule has 108 valence electrons. The van der Waals surface area contributed by atoms with Gasteiger partial charge in [-0.15, -0.1) is 0 Å². The molecule has 0 spiro atoms. The predicted molar refractivity (Wildman–Crippen MR) is 100 cm³/mol. The minimum Gasteiger partial charge on any atom is -0.0622 e. The van der Waals surface area contributed by atoms with E-state index in [0.717, 1.165) is 0 Å². The van der Waals surface area contributed by atoms with Crippen molar-refractivity contribution < 1.29 is 0 Å². The Kier molecular flexibility index (Phi) is 3.75. The molecule has 0 amide bonds. The Hall–Kier alpha value is -1.61. The lowest BCUT2D eigenvalue weighted by Gasteiger charge is -2.04. The SMILES string of the molecule is Ic1ccccc1C1[C@@H](c2ccccc2)[C@@H]1c1ccccc1. The van der Waals surface area contributed by atoms with Gasteiger partial charge in [0.15, 0.2) is 0 Å². The molecule has 4 rings (SSSR count). The minimum atomic E-state index is 0.595. The lowest BCUT2D eigenvalue weighted by Crippen LogP contribution is -1.88. The smallest absolute Gasteiger partial charge is 0.0165 e. The molecular formula is C21H17I. The van der Waals surface area contributed by atoms with Crippen LogP contribution in [0.25, 0.3) is 0 Å². The molecule has 0 aromatic heterocycles. The fraction of sp³-hybridized carbons (Fsp3) is 0.143. The first kappa shape index (κ1) is 14.0. The van der Waals surface area contributed by atoms with Gasteiger partial charge in [-0.25, -0.2) is 0 Å². The number of rotatable bonds is 3. The summed E-state index contributed by atoms with van der Waals surface area (Å²) in [6.45, 7) is 0. The number of hydrogen-bond acceptors (Lipinski definition) is 0. The van der Waals surface area contributed by atoms with Gasteiger partial charge in [0.1, 0.15) is 0 Å². The van der Waals surface area contributed by atoms with Crippen molar-refractivity contribution in [1.82, 2.24) is 0 Å². The first-order chi connectivity index (χ1) is 10.9. The van der Waals surface area contributed by atoms with E-state index in [1.54, 1.807) is 0 Å². The van der Waals surface area contributed by atoms with Crippen molar-refractivity contribution in [2.75, 3.05) is 0 Å². The lowest BCUT2D eigenvalue weighted by atomic mass is 10.0. The largest absolute Gasteiger partial charge is 0.0622 e. The van der Waals surface area contributed by atoms with E-state index in [2.05, 4.69) is 108 Å². The van der Waals surface area contributed by atoms with Crippen LogP contribution in [0, 0.1) is 3.57 Å². The predicted octanol–water partition coefficient (Wildman–Crippen LogP) is 5.96. The van der Waals surface area contributed by atoms with Crippen LogP contribution in [0.1, 0.15) is 34.4 Å². The van der Waals surface area contributed by atoms with E-state index in [1.807, 2.05) is 0 Å². The van der Waals surface area contributed by atoms with Crippen molar-refractivity contribution in [3.63, 3.8) is 0 Å². The fourth-order valence-corrected chi connectivity index (χ4v) is 4.37. The zero-order valence-corrected chi connectivity index (χ0v) is 14.4. The van der Waals surface area contributed by atoms with Gasteiger partial charge in [0.05, 0.1) is 0 Å². The molecule has 22 heavy (non-hydrogen) atoms. The number of hydrogen-bond donors (Lipinski definition) is 0. The molecule has 0 nitrogen and oxygen atoms in total. The molecule has 3 aromatic carbocycles. The molecule has 1 heteroatoms. The highest BCUT2D eigenvalue weighted by atomic mass is 127. The standard InChI is InChI=1S/C21H17I/c22-18-14-8-7-13-17(18)21-19(15-9-3-1-4-10-15)20(21)16-11-5-2-6-12-16/h1-14,19-21H/t19-,20-/m0/s1. The van der Waals surface area contributed by atoms with Crippen LogP contribution in [-0.4, -0.2) is 0 Å². The summed E-state index contributed by atoms with van der Waals surface area (Å²) in [4.78, 5) is 0. The Balaban J connectivity index is 1.77. The molecule has 0 aliphatic heterocycles. The summed E-state index contributed by atoms with van der Waals surface area (Å²) in [6, 6.07) is 30.7. The van der Waals surface area contributed by atoms with E-state index >= 15 is 0 Å². The van der Waals surface area contributed by atoms with E-state index in [0.29, 0.717) is 17.8 Å². The summed E-state index contributed by atoms with van der Waals surface area (Å²) in [5.41, 5.74) is 4.41. The monoisotopic (exact) mass is 396 g/mol. The van der Waals surface area contributed by atoms with Gasteiger partial charge < -0.3 is 0 Å². The lowest BCUT2D eigenvalue weighted by molar-refractivity contribution is 1.02. The van der Waals surface area contributed by atoms with E-state index in [4.69, 9.17) is 0 Å². The summed E-state index contributed by atoms with van der Waals surface area (Å²) in [5, 5.41) is 0. The molecule has 1 fully saturated rings. The first-order valence-electron chi connectivity index (χ1n) is 7.70. The van der Waals surface area contributed by atoms with Gasteiger partial charge in [-0.2, -0.15) is 0 Å². The molecule has 1 aliphatic carbocycles. The summed E-state index contributed by atoms with van der Waals surface area (Å²) < 4.78 is 1.38. The Bertz CT molecular complexity index is 719. The van der Waals surface area contributed by atoms with Crippen LogP contribution in [-0.2, 0) is 0 Å². The zero-order valence-electron chi connectivity index (χ0n) is 12.2. The van der Waals surface area contributed by atoms with Crippen LogP contribution in [0.15, 0.2) is 84.9 Å². The first-order valence-corrected chi connectivity index (χ1v) is 8.78. The van der Waals surface area contributed by atoms with Crippen LogP contribution < -0.4 is 0 Å². The van der Waals surface area contributed by atoms with Gasteiger partial charge in [0.2, 0.25) is 0 Å². The van der Waals surface area contributed by atoms with Crippen molar-refractivity contribution in [3.8, 4) is 0 Å². The second-order valence-corrected chi connectivity index (χ2v) is 7.08. The molecule has 0 unspecified atom stereocenters. The topological polar surface area (TPSA) is 0 Å². The molecule has 0 bridgehead atoms. The van der Waals surface area contributed by atoms with Gasteiger partial charge in [-0.05, 0) is 63.1 Å². The van der Waals surface area contributed by atoms with E-state index < -0.39 is 0 Å². The zero-order chi connectivity index (χ0) is 14.9. The second kappa shape index (κ2) is 5.88. The third kappa shape index (κ3) is 2.48. The van der Waals surface area contributed by atoms with Crippen LogP contribution in [0.4, 0.5) is 0 Å². The minimum absolute atomic E-state index is 0.595. The van der Waals surface area contributed by atoms with Crippen molar-refractivity contribution in [1.29, 1.82) is 0 Å². The summed E-state index contributed by atoms with van der Waals surface area (Å²) in [7, 11) is 0. The molecule has 0 N–H and O–H groups in total. The van der Waals surface area contributed by atoms with Gasteiger partial charge in [-0.3, -0.25) is 0 Å². The van der Waals surface area contributed by atoms with Gasteiger partial charge in [-0.1, -0.05) is 78.9 Å². The molecule has 1 aliphatic rings. The number of halogens is 1. The number of benzene rings is 3. The quantitative estimate of drug-likeness (QED) is 0.480. The summed E-state index contributed by atoms with van der Waals surface area (Å²) in [5.74, 6) is 1.79. The maximum Gasteiger partial charge on any atom is 0.0165 e. The highest BCUT2D eigenvalue weighted by molar-refractivity contribution is 14.1. The normalized spacial score (nSPS) is 23.2. The maximum absolute atomic E-state index is 2.47. The Morgan fingerprint density at radius 1 is 0.500 bits per heavy atom. The van der Waals surface area contributed by atoms with Gasteiger partial charge >= 0.3 is 0 Å². The molecule has 0 saturated heterocycles. The third-order valence-electron chi connectivity index (χ3n) is 4.65. The highest BCUT2D eigenvalue weighted by Gasteiger charge is 2.52. The van der Waals surface area contributed by atoms with Crippen molar-refractivity contribution in [2.45, 2.75) is 17.8 Å². The van der Waals surface area contributed by atoms with Crippen LogP contribution in [0.3, 0.4) is 0 Å². The van der Waals surface area contributed by atoms with Crippen molar-refractivity contribution in [2.24, 2.45) is 0 Å². The van der Waals surface area contributed by atoms with Crippen LogP contribution in [0.5, 0.6) is 0 Å². The van der Waals surface area contributed by atoms with E-state index in [9.17, 15) is 0 Å². The Morgan fingerprint density at radius 2 is 0.955 bits per heavy atom. The van der Waals surface area contributed by atoms with Crippen LogP contribution in [0.2, 0.25) is 0 Å². The second-order valence-electron chi connectivity index (χ2n) is 5.92. The van der Waals surface area contributed by atoms with E-state index in [1.165, 1.54) is 20.3 Å². The Morgan fingerprint density at radius 3 is 1.45 bits per heavy atom. The molecule has 1 saturated carbocycles. The average molecular weight is 396 g/mol. The molecule has 0 radical (unpaired) electrons. The molecule has 0 heterocycles. The third-order valence-corrected chi connectivity index (χ3v) is 5.64. The molecule has 3 aromatic rings. The Labute approximate surface area is 145 Å². The fourth-order valence-electron chi connectivity index (χ4n) is 3.62. The van der Waals surface area contributed by atoms with Crippen LogP contribution >= 0.6 is 22.6 Å². The summed E-state index contributed by atoms with van der Waals surface area (Å²) >= 11 is 2.47. The maximum atomic E-state index is 2.47. The average Bonchev–Trinajstić information content (AvgIpc) is 3.32. The molecular weight excluding hydrogens is 379 g/mol. The summed E-state index contributed by atoms with van der Waals surface area (Å²) in [6.07, 6.45) is 0. The van der Waals surface area contributed by atoms with Crippen molar-refractivity contribution in [3.05, 3.63) is 105 Å². The molecule has 2 atom stereocenters. The van der Waals surface area contributed by atoms with Crippen molar-refractivity contribution >= 4 is 22.6 Å². The highest BCUT2D eigenvalue weighted by Crippen LogP contribution is 2.66. The van der Waals surface area contributed by atoms with Gasteiger partial charge in [0, 0.05) is 3.57 Å². The van der Waals surface area contributed by atoms with E-state index in [-0.39, 0.29) is 0 Å². The van der Waals surface area contributed by atoms with Gasteiger partial charge in [0.25, 0.3) is 0 Å².